The van der Waals surface area contributed by atoms with E-state index in [1.807, 2.05) is 18.2 Å². The molecule has 0 aliphatic heterocycles. The molecule has 1 aliphatic carbocycles. The van der Waals surface area contributed by atoms with Crippen molar-refractivity contribution in [3.8, 4) is 0 Å². The summed E-state index contributed by atoms with van der Waals surface area (Å²) in [6.07, 6.45) is 1.39. The number of hydrogen-bond donors (Lipinski definition) is 0. The molecule has 0 radical (unpaired) electrons. The molecule has 2 rings (SSSR count). The van der Waals surface area contributed by atoms with Crippen LogP contribution < -0.4 is 5.11 Å². The van der Waals surface area contributed by atoms with Crippen molar-refractivity contribution in [1.29, 1.82) is 0 Å². The molecule has 0 atom stereocenters. The highest BCUT2D eigenvalue weighted by atomic mass is 16.3. The highest BCUT2D eigenvalue weighted by Gasteiger charge is 2.14. The Morgan fingerprint density at radius 1 is 1.29 bits per heavy atom. The van der Waals surface area contributed by atoms with Crippen LogP contribution >= 0.6 is 0 Å². The predicted molar refractivity (Wildman–Crippen MR) is 52.4 cm³/mol. The molecule has 0 unspecified atom stereocenters. The van der Waals surface area contributed by atoms with Crippen molar-refractivity contribution < 1.29 is 9.90 Å². The van der Waals surface area contributed by atoms with Crippen LogP contribution in [0.1, 0.15) is 24.5 Å². The van der Waals surface area contributed by atoms with Crippen molar-refractivity contribution in [3.05, 3.63) is 41.0 Å². The molecule has 0 saturated heterocycles. The second-order valence-corrected chi connectivity index (χ2v) is 3.52. The number of aryl methyl sites for hydroxylation is 1. The highest BCUT2D eigenvalue weighted by Crippen LogP contribution is 2.27. The smallest absolute Gasteiger partial charge is 0.155 e. The second-order valence-electron chi connectivity index (χ2n) is 3.52. The van der Waals surface area contributed by atoms with Gasteiger partial charge in [0.15, 0.2) is 5.78 Å². The lowest BCUT2D eigenvalue weighted by molar-refractivity contribution is -0.245. The van der Waals surface area contributed by atoms with Gasteiger partial charge in [0.2, 0.25) is 0 Å². The van der Waals surface area contributed by atoms with Crippen LogP contribution in [0.25, 0.3) is 5.76 Å². The Bertz CT molecular complexity index is 416. The van der Waals surface area contributed by atoms with Crippen LogP contribution in [0.2, 0.25) is 0 Å². The maximum atomic E-state index is 11.8. The number of carbonyl (C=O) groups excluding carboxylic acids is 1. The van der Waals surface area contributed by atoms with Gasteiger partial charge in [-0.05, 0) is 36.5 Å². The number of fused-ring (bicyclic) bond motifs is 1. The second kappa shape index (κ2) is 3.29. The van der Waals surface area contributed by atoms with Gasteiger partial charge in [-0.3, -0.25) is 4.79 Å². The molecule has 0 heterocycles. The Morgan fingerprint density at radius 2 is 2.00 bits per heavy atom. The van der Waals surface area contributed by atoms with Gasteiger partial charge >= 0.3 is 0 Å². The number of Topliss-reactive ketones (excluding diaryl/α,β-unsaturated/α-hetero) is 1. The average Bonchev–Trinajstić information content (AvgIpc) is 2.18. The van der Waals surface area contributed by atoms with Gasteiger partial charge in [-0.15, -0.1) is 0 Å². The lowest BCUT2D eigenvalue weighted by Crippen LogP contribution is -2.17. The molecule has 0 bridgehead atoms. The van der Waals surface area contributed by atoms with Crippen LogP contribution in [0.4, 0.5) is 0 Å². The first kappa shape index (κ1) is 9.00. The molecule has 1 aliphatic rings. The number of carbonyl (C=O) groups is 1. The molecule has 0 saturated carbocycles. The first-order chi connectivity index (χ1) is 6.70. The molecule has 2 heteroatoms. The summed E-state index contributed by atoms with van der Waals surface area (Å²) in [7, 11) is 0. The van der Waals surface area contributed by atoms with E-state index in [0.29, 0.717) is 17.6 Å². The maximum absolute atomic E-state index is 11.8. The molecule has 1 aromatic carbocycles. The van der Waals surface area contributed by atoms with Crippen molar-refractivity contribution in [1.82, 2.24) is 0 Å². The molecule has 1 aromatic rings. The molecule has 72 valence electrons. The van der Waals surface area contributed by atoms with Crippen molar-refractivity contribution in [3.63, 3.8) is 0 Å². The molecule has 14 heavy (non-hydrogen) atoms. The maximum Gasteiger partial charge on any atom is 0.155 e. The third kappa shape index (κ3) is 1.33. The van der Waals surface area contributed by atoms with Gasteiger partial charge in [0.25, 0.3) is 0 Å². The Morgan fingerprint density at radius 3 is 2.71 bits per heavy atom. The standard InChI is InChI=1S/C12H12O2/c1-8(13)10-7-6-9-4-2-3-5-11(9)12(10)14/h2-5,14H,6-7H2,1H3/p-1. The van der Waals surface area contributed by atoms with Gasteiger partial charge < -0.3 is 5.11 Å². The van der Waals surface area contributed by atoms with E-state index in [1.54, 1.807) is 6.07 Å². The number of benzene rings is 1. The van der Waals surface area contributed by atoms with Crippen molar-refractivity contribution >= 4 is 11.5 Å². The zero-order valence-electron chi connectivity index (χ0n) is 8.04. The summed E-state index contributed by atoms with van der Waals surface area (Å²) < 4.78 is 0. The SMILES string of the molecule is CC(=O)C1=C([O-])c2ccccc2CC1. The molecular formula is C12H11O2-. The summed E-state index contributed by atoms with van der Waals surface area (Å²) in [6, 6.07) is 7.49. The van der Waals surface area contributed by atoms with E-state index >= 15 is 0 Å². The van der Waals surface area contributed by atoms with E-state index in [9.17, 15) is 9.90 Å². The summed E-state index contributed by atoms with van der Waals surface area (Å²) >= 11 is 0. The Labute approximate surface area is 82.9 Å². The zero-order valence-corrected chi connectivity index (χ0v) is 8.04. The van der Waals surface area contributed by atoms with Crippen molar-refractivity contribution in [2.75, 3.05) is 0 Å². The Hall–Kier alpha value is -1.57. The molecular weight excluding hydrogens is 176 g/mol. The van der Waals surface area contributed by atoms with E-state index in [-0.39, 0.29) is 11.5 Å². The van der Waals surface area contributed by atoms with Crippen LogP contribution in [0.15, 0.2) is 29.8 Å². The van der Waals surface area contributed by atoms with Crippen LogP contribution in [0.3, 0.4) is 0 Å². The van der Waals surface area contributed by atoms with E-state index in [0.717, 1.165) is 12.0 Å². The van der Waals surface area contributed by atoms with E-state index in [2.05, 4.69) is 0 Å². The predicted octanol–water partition coefficient (Wildman–Crippen LogP) is 1.29. The van der Waals surface area contributed by atoms with Gasteiger partial charge in [-0.2, -0.15) is 0 Å². The highest BCUT2D eigenvalue weighted by molar-refractivity contribution is 6.00. The molecule has 0 N–H and O–H groups in total. The van der Waals surface area contributed by atoms with E-state index < -0.39 is 0 Å². The minimum Gasteiger partial charge on any atom is -0.872 e. The third-order valence-electron chi connectivity index (χ3n) is 2.61. The quantitative estimate of drug-likeness (QED) is 0.664. The lowest BCUT2D eigenvalue weighted by Gasteiger charge is -2.25. The third-order valence-corrected chi connectivity index (χ3v) is 2.61. The fourth-order valence-corrected chi connectivity index (χ4v) is 1.83. The van der Waals surface area contributed by atoms with Gasteiger partial charge in [-0.25, -0.2) is 0 Å². The van der Waals surface area contributed by atoms with Gasteiger partial charge in [-0.1, -0.05) is 30.0 Å². The number of hydrogen-bond acceptors (Lipinski definition) is 2. The van der Waals surface area contributed by atoms with Gasteiger partial charge in [0.05, 0.1) is 0 Å². The first-order valence-corrected chi connectivity index (χ1v) is 4.69. The van der Waals surface area contributed by atoms with Crippen LogP contribution in [0, 0.1) is 0 Å². The van der Waals surface area contributed by atoms with Gasteiger partial charge in [0.1, 0.15) is 0 Å². The monoisotopic (exact) mass is 187 g/mol. The molecule has 0 spiro atoms. The Kier molecular flexibility index (Phi) is 2.12. The van der Waals surface area contributed by atoms with Crippen LogP contribution in [-0.4, -0.2) is 5.78 Å². The first-order valence-electron chi connectivity index (χ1n) is 4.69. The minimum atomic E-state index is -0.0931. The lowest BCUT2D eigenvalue weighted by atomic mass is 9.89. The van der Waals surface area contributed by atoms with E-state index in [4.69, 9.17) is 0 Å². The summed E-state index contributed by atoms with van der Waals surface area (Å²) in [6.45, 7) is 1.46. The fourth-order valence-electron chi connectivity index (χ4n) is 1.83. The largest absolute Gasteiger partial charge is 0.872 e. The summed E-state index contributed by atoms with van der Waals surface area (Å²) in [5.74, 6) is -0.177. The number of allylic oxidation sites excluding steroid dienone is 1. The molecule has 0 aromatic heterocycles. The average molecular weight is 187 g/mol. The van der Waals surface area contributed by atoms with Crippen LogP contribution in [-0.2, 0) is 11.2 Å². The summed E-state index contributed by atoms with van der Waals surface area (Å²) in [5.41, 5.74) is 2.20. The molecule has 2 nitrogen and oxygen atoms in total. The zero-order chi connectivity index (χ0) is 10.1. The number of rotatable bonds is 1. The summed E-state index contributed by atoms with van der Waals surface area (Å²) in [4.78, 5) is 11.2. The molecule has 0 amide bonds. The van der Waals surface area contributed by atoms with Gasteiger partial charge in [0, 0.05) is 0 Å². The minimum absolute atomic E-state index is 0.0839. The van der Waals surface area contributed by atoms with Crippen LogP contribution in [0.5, 0.6) is 0 Å². The Balaban J connectivity index is 2.56. The normalized spacial score (nSPS) is 15.2. The number of ketones is 1. The van der Waals surface area contributed by atoms with Crippen molar-refractivity contribution in [2.45, 2.75) is 19.8 Å². The van der Waals surface area contributed by atoms with Crippen molar-refractivity contribution in [2.24, 2.45) is 0 Å². The fraction of sp³-hybridized carbons (Fsp3) is 0.250. The van der Waals surface area contributed by atoms with E-state index in [1.165, 1.54) is 6.92 Å². The summed E-state index contributed by atoms with van der Waals surface area (Å²) in [5, 5.41) is 11.8. The molecule has 0 fully saturated rings. The topological polar surface area (TPSA) is 40.1 Å².